The van der Waals surface area contributed by atoms with E-state index in [9.17, 15) is 13.2 Å². The third kappa shape index (κ3) is 2.86. The predicted molar refractivity (Wildman–Crippen MR) is 77.6 cm³/mol. The van der Waals surface area contributed by atoms with Gasteiger partial charge in [-0.1, -0.05) is 24.3 Å². The van der Waals surface area contributed by atoms with Gasteiger partial charge in [0.2, 0.25) is 15.9 Å². The van der Waals surface area contributed by atoms with Gasteiger partial charge in [-0.15, -0.1) is 0 Å². The van der Waals surface area contributed by atoms with Gasteiger partial charge in [0.1, 0.15) is 6.04 Å². The molecule has 5 nitrogen and oxygen atoms in total. The second-order valence-electron chi connectivity index (χ2n) is 4.83. The maximum Gasteiger partial charge on any atom is 0.238 e. The lowest BCUT2D eigenvalue weighted by atomic mass is 9.95. The number of carbonyl (C=O) groups excluding carboxylic acids is 1. The standard InChI is InChI=1S/C14H20N2O3S/c1-3-15-14(17)13-9-11-7-5-6-8-12(11)10-16(13)20(18,19)4-2/h5-8,13H,3-4,9-10H2,1-2H3,(H,15,17)/t13-/m1/s1. The Hall–Kier alpha value is -1.40. The highest BCUT2D eigenvalue weighted by molar-refractivity contribution is 7.89. The number of amides is 1. The summed E-state index contributed by atoms with van der Waals surface area (Å²) in [4.78, 5) is 12.2. The highest BCUT2D eigenvalue weighted by Crippen LogP contribution is 2.26. The van der Waals surface area contributed by atoms with Crippen molar-refractivity contribution in [2.24, 2.45) is 0 Å². The van der Waals surface area contributed by atoms with Crippen LogP contribution in [0.1, 0.15) is 25.0 Å². The van der Waals surface area contributed by atoms with Crippen molar-refractivity contribution in [3.05, 3.63) is 35.4 Å². The van der Waals surface area contributed by atoms with Crippen LogP contribution in [-0.2, 0) is 27.8 Å². The molecule has 0 aromatic heterocycles. The van der Waals surface area contributed by atoms with Crippen molar-refractivity contribution in [2.45, 2.75) is 32.9 Å². The van der Waals surface area contributed by atoms with Crippen molar-refractivity contribution in [3.63, 3.8) is 0 Å². The van der Waals surface area contributed by atoms with Crippen LogP contribution in [0.2, 0.25) is 0 Å². The van der Waals surface area contributed by atoms with Gasteiger partial charge in [-0.3, -0.25) is 4.79 Å². The van der Waals surface area contributed by atoms with Gasteiger partial charge in [-0.05, 0) is 31.4 Å². The number of benzene rings is 1. The Morgan fingerprint density at radius 3 is 2.55 bits per heavy atom. The van der Waals surface area contributed by atoms with E-state index in [0.717, 1.165) is 11.1 Å². The molecule has 6 heteroatoms. The zero-order valence-corrected chi connectivity index (χ0v) is 12.6. The van der Waals surface area contributed by atoms with Gasteiger partial charge in [-0.25, -0.2) is 8.42 Å². The first-order valence-corrected chi connectivity index (χ1v) is 8.44. The van der Waals surface area contributed by atoms with Gasteiger partial charge in [0, 0.05) is 13.1 Å². The molecule has 0 saturated carbocycles. The molecule has 1 aliphatic rings. The zero-order valence-electron chi connectivity index (χ0n) is 11.8. The molecule has 1 amide bonds. The predicted octanol–water partition coefficient (Wildman–Crippen LogP) is 0.899. The van der Waals surface area contributed by atoms with Crippen molar-refractivity contribution in [3.8, 4) is 0 Å². The maximum absolute atomic E-state index is 12.2. The molecule has 0 aliphatic carbocycles. The highest BCUT2D eigenvalue weighted by atomic mass is 32.2. The van der Waals surface area contributed by atoms with Gasteiger partial charge in [0.15, 0.2) is 0 Å². The van der Waals surface area contributed by atoms with E-state index in [-0.39, 0.29) is 18.2 Å². The molecule has 0 unspecified atom stereocenters. The molecule has 20 heavy (non-hydrogen) atoms. The lowest BCUT2D eigenvalue weighted by molar-refractivity contribution is -0.125. The van der Waals surface area contributed by atoms with Crippen molar-refractivity contribution < 1.29 is 13.2 Å². The largest absolute Gasteiger partial charge is 0.355 e. The van der Waals surface area contributed by atoms with E-state index in [4.69, 9.17) is 0 Å². The minimum Gasteiger partial charge on any atom is -0.355 e. The number of sulfonamides is 1. The van der Waals surface area contributed by atoms with Crippen molar-refractivity contribution in [1.29, 1.82) is 0 Å². The molecule has 0 fully saturated rings. The second-order valence-corrected chi connectivity index (χ2v) is 7.04. The van der Waals surface area contributed by atoms with Crippen LogP contribution in [0.3, 0.4) is 0 Å². The average molecular weight is 296 g/mol. The number of nitrogens with zero attached hydrogens (tertiary/aromatic N) is 1. The number of rotatable bonds is 4. The monoisotopic (exact) mass is 296 g/mol. The zero-order chi connectivity index (χ0) is 14.8. The van der Waals surface area contributed by atoms with Gasteiger partial charge in [-0.2, -0.15) is 4.31 Å². The third-order valence-electron chi connectivity index (χ3n) is 3.58. The van der Waals surface area contributed by atoms with Crippen molar-refractivity contribution in [2.75, 3.05) is 12.3 Å². The van der Waals surface area contributed by atoms with Gasteiger partial charge in [0.25, 0.3) is 0 Å². The number of likely N-dealkylation sites (N-methyl/N-ethyl adjacent to an activating group) is 1. The average Bonchev–Trinajstić information content (AvgIpc) is 2.46. The Bertz CT molecular complexity index is 598. The van der Waals surface area contributed by atoms with Gasteiger partial charge >= 0.3 is 0 Å². The van der Waals surface area contributed by atoms with E-state index in [1.807, 2.05) is 31.2 Å². The minimum atomic E-state index is -3.40. The van der Waals surface area contributed by atoms with Crippen LogP contribution in [0, 0.1) is 0 Å². The van der Waals surface area contributed by atoms with E-state index < -0.39 is 16.1 Å². The van der Waals surface area contributed by atoms with Gasteiger partial charge in [0.05, 0.1) is 5.75 Å². The Morgan fingerprint density at radius 2 is 1.95 bits per heavy atom. The van der Waals surface area contributed by atoms with Crippen LogP contribution < -0.4 is 5.32 Å². The summed E-state index contributed by atoms with van der Waals surface area (Å²) in [6.07, 6.45) is 0.432. The first kappa shape index (κ1) is 15.0. The van der Waals surface area contributed by atoms with Crippen molar-refractivity contribution >= 4 is 15.9 Å². The van der Waals surface area contributed by atoms with Gasteiger partial charge < -0.3 is 5.32 Å². The number of hydrogen-bond donors (Lipinski definition) is 1. The first-order chi connectivity index (χ1) is 9.49. The lowest BCUT2D eigenvalue weighted by Crippen LogP contribution is -2.52. The molecule has 110 valence electrons. The van der Waals surface area contributed by atoms with Crippen LogP contribution in [0.4, 0.5) is 0 Å². The fourth-order valence-electron chi connectivity index (χ4n) is 2.47. The normalized spacial score (nSPS) is 19.4. The molecule has 0 spiro atoms. The molecular weight excluding hydrogens is 276 g/mol. The molecule has 1 aromatic rings. The first-order valence-electron chi connectivity index (χ1n) is 6.83. The van der Waals surface area contributed by atoms with E-state index >= 15 is 0 Å². The van der Waals surface area contributed by atoms with Crippen LogP contribution in [0.5, 0.6) is 0 Å². The summed E-state index contributed by atoms with van der Waals surface area (Å²) in [6, 6.07) is 7.04. The summed E-state index contributed by atoms with van der Waals surface area (Å²) < 4.78 is 25.8. The van der Waals surface area contributed by atoms with E-state index in [1.54, 1.807) is 6.92 Å². The summed E-state index contributed by atoms with van der Waals surface area (Å²) in [7, 11) is -3.40. The Balaban J connectivity index is 2.39. The molecule has 1 N–H and O–H groups in total. The van der Waals surface area contributed by atoms with Crippen LogP contribution in [0.25, 0.3) is 0 Å². The van der Waals surface area contributed by atoms with E-state index in [2.05, 4.69) is 5.32 Å². The SMILES string of the molecule is CCNC(=O)[C@H]1Cc2ccccc2CN1S(=O)(=O)CC. The maximum atomic E-state index is 12.2. The van der Waals surface area contributed by atoms with Crippen LogP contribution in [-0.4, -0.2) is 37.0 Å². The fraction of sp³-hybridized carbons (Fsp3) is 0.500. The van der Waals surface area contributed by atoms with Crippen LogP contribution in [0.15, 0.2) is 24.3 Å². The summed E-state index contributed by atoms with van der Waals surface area (Å²) >= 11 is 0. The molecule has 2 rings (SSSR count). The molecule has 1 atom stereocenters. The molecule has 1 aliphatic heterocycles. The number of fused-ring (bicyclic) bond motifs is 1. The Morgan fingerprint density at radius 1 is 1.30 bits per heavy atom. The summed E-state index contributed by atoms with van der Waals surface area (Å²) in [5.41, 5.74) is 2.02. The Labute approximate surface area is 120 Å². The van der Waals surface area contributed by atoms with Crippen molar-refractivity contribution in [1.82, 2.24) is 9.62 Å². The summed E-state index contributed by atoms with van der Waals surface area (Å²) in [5, 5.41) is 2.73. The third-order valence-corrected chi connectivity index (χ3v) is 5.41. The minimum absolute atomic E-state index is 0.00503. The van der Waals surface area contributed by atoms with E-state index in [0.29, 0.717) is 13.0 Å². The van der Waals surface area contributed by atoms with Crippen LogP contribution >= 0.6 is 0 Å². The molecule has 1 aromatic carbocycles. The van der Waals surface area contributed by atoms with E-state index in [1.165, 1.54) is 4.31 Å². The molecule has 1 heterocycles. The smallest absolute Gasteiger partial charge is 0.238 e. The summed E-state index contributed by atoms with van der Waals surface area (Å²) in [5.74, 6) is -0.218. The molecule has 0 radical (unpaired) electrons. The molecule has 0 saturated heterocycles. The Kier molecular flexibility index (Phi) is 4.45. The lowest BCUT2D eigenvalue weighted by Gasteiger charge is -2.34. The number of hydrogen-bond acceptors (Lipinski definition) is 3. The topological polar surface area (TPSA) is 66.5 Å². The molecular formula is C14H20N2O3S. The second kappa shape index (κ2) is 5.93. The summed E-state index contributed by atoms with van der Waals surface area (Å²) in [6.45, 7) is 4.20. The fourth-order valence-corrected chi connectivity index (χ4v) is 3.70. The highest BCUT2D eigenvalue weighted by Gasteiger charge is 2.37. The number of nitrogens with one attached hydrogen (secondary N) is 1. The number of carbonyl (C=O) groups is 1. The quantitative estimate of drug-likeness (QED) is 0.897. The molecule has 0 bridgehead atoms.